The Balaban J connectivity index is 2.02. The van der Waals surface area contributed by atoms with Crippen LogP contribution in [0.3, 0.4) is 0 Å². The van der Waals surface area contributed by atoms with Crippen LogP contribution in [0.15, 0.2) is 22.7 Å². The van der Waals surface area contributed by atoms with Crippen LogP contribution in [0.1, 0.15) is 19.4 Å². The van der Waals surface area contributed by atoms with Crippen molar-refractivity contribution >= 4 is 15.9 Å². The molecular formula is C14H20BrNO2. The van der Waals surface area contributed by atoms with Crippen molar-refractivity contribution in [3.8, 4) is 5.75 Å². The van der Waals surface area contributed by atoms with Crippen LogP contribution >= 0.6 is 15.9 Å². The summed E-state index contributed by atoms with van der Waals surface area (Å²) in [7, 11) is 1.69. The summed E-state index contributed by atoms with van der Waals surface area (Å²) >= 11 is 3.48. The van der Waals surface area contributed by atoms with E-state index in [4.69, 9.17) is 4.74 Å². The molecule has 1 aromatic rings. The Bertz CT molecular complexity index is 428. The normalized spacial score (nSPS) is 18.8. The van der Waals surface area contributed by atoms with E-state index in [0.29, 0.717) is 5.92 Å². The lowest BCUT2D eigenvalue weighted by Gasteiger charge is -2.49. The lowest BCUT2D eigenvalue weighted by molar-refractivity contribution is -0.130. The van der Waals surface area contributed by atoms with Crippen molar-refractivity contribution in [3.63, 3.8) is 0 Å². The number of benzene rings is 1. The number of hydrogen-bond acceptors (Lipinski definition) is 3. The van der Waals surface area contributed by atoms with Crippen LogP contribution in [-0.4, -0.2) is 35.8 Å². The molecule has 1 saturated heterocycles. The molecule has 0 amide bonds. The summed E-state index contributed by atoms with van der Waals surface area (Å²) in [6, 6.07) is 6.02. The van der Waals surface area contributed by atoms with E-state index in [9.17, 15) is 5.11 Å². The van der Waals surface area contributed by atoms with Crippen molar-refractivity contribution in [2.45, 2.75) is 26.0 Å². The van der Waals surface area contributed by atoms with Gasteiger partial charge in [-0.2, -0.15) is 0 Å². The lowest BCUT2D eigenvalue weighted by Crippen LogP contribution is -2.63. The molecule has 0 aliphatic carbocycles. The molecule has 4 heteroatoms. The Kier molecular flexibility index (Phi) is 3.99. The molecule has 0 atom stereocenters. The molecule has 0 bridgehead atoms. The van der Waals surface area contributed by atoms with Gasteiger partial charge in [-0.1, -0.05) is 29.8 Å². The van der Waals surface area contributed by atoms with Crippen LogP contribution < -0.4 is 4.74 Å². The quantitative estimate of drug-likeness (QED) is 0.927. The summed E-state index contributed by atoms with van der Waals surface area (Å²) in [4.78, 5) is 2.24. The number of likely N-dealkylation sites (tertiary alicyclic amines) is 1. The summed E-state index contributed by atoms with van der Waals surface area (Å²) in [6.45, 7) is 6.42. The Morgan fingerprint density at radius 3 is 2.67 bits per heavy atom. The third-order valence-electron chi connectivity index (χ3n) is 3.71. The molecule has 18 heavy (non-hydrogen) atoms. The predicted molar refractivity (Wildman–Crippen MR) is 75.8 cm³/mol. The number of halogens is 1. The molecule has 1 N–H and O–H groups in total. The molecule has 100 valence electrons. The van der Waals surface area contributed by atoms with Gasteiger partial charge < -0.3 is 9.84 Å². The van der Waals surface area contributed by atoms with Crippen molar-refractivity contribution in [2.24, 2.45) is 5.92 Å². The van der Waals surface area contributed by atoms with E-state index in [-0.39, 0.29) is 0 Å². The summed E-state index contributed by atoms with van der Waals surface area (Å²) in [5.74, 6) is 1.20. The lowest BCUT2D eigenvalue weighted by atomic mass is 9.83. The average molecular weight is 314 g/mol. The van der Waals surface area contributed by atoms with Gasteiger partial charge in [0.15, 0.2) is 0 Å². The first-order valence-corrected chi connectivity index (χ1v) is 7.01. The molecule has 0 aromatic heterocycles. The van der Waals surface area contributed by atoms with Gasteiger partial charge in [0.2, 0.25) is 0 Å². The monoisotopic (exact) mass is 313 g/mol. The third-order valence-corrected chi connectivity index (χ3v) is 4.20. The fourth-order valence-corrected chi connectivity index (χ4v) is 2.73. The number of aliphatic hydroxyl groups is 1. The summed E-state index contributed by atoms with van der Waals surface area (Å²) in [5, 5.41) is 10.2. The second-order valence-corrected chi connectivity index (χ2v) is 6.28. The highest BCUT2D eigenvalue weighted by Gasteiger charge is 2.43. The van der Waals surface area contributed by atoms with Crippen molar-refractivity contribution in [1.82, 2.24) is 4.90 Å². The van der Waals surface area contributed by atoms with Crippen LogP contribution in [-0.2, 0) is 6.54 Å². The van der Waals surface area contributed by atoms with Crippen LogP contribution in [0, 0.1) is 5.92 Å². The molecule has 1 aromatic carbocycles. The number of β-amino-alcohol motifs (C(OH)–C–C–N with tert-alkyl or cyclic N) is 1. The molecule has 0 spiro atoms. The smallest absolute Gasteiger partial charge is 0.123 e. The zero-order valence-corrected chi connectivity index (χ0v) is 12.7. The number of ether oxygens (including phenoxy) is 1. The minimum absolute atomic E-state index is 0.304. The Labute approximate surface area is 117 Å². The first kappa shape index (κ1) is 13.8. The van der Waals surface area contributed by atoms with E-state index in [1.54, 1.807) is 7.11 Å². The summed E-state index contributed by atoms with van der Waals surface area (Å²) in [5.41, 5.74) is 0.636. The SMILES string of the molecule is COc1ccc(Br)cc1CN1CC(O)(C(C)C)C1. The average Bonchev–Trinajstić information content (AvgIpc) is 2.27. The van der Waals surface area contributed by atoms with Crippen molar-refractivity contribution in [1.29, 1.82) is 0 Å². The summed E-state index contributed by atoms with van der Waals surface area (Å²) in [6.07, 6.45) is 0. The van der Waals surface area contributed by atoms with Gasteiger partial charge in [-0.15, -0.1) is 0 Å². The second kappa shape index (κ2) is 5.19. The van der Waals surface area contributed by atoms with E-state index in [0.717, 1.165) is 35.4 Å². The fourth-order valence-electron chi connectivity index (χ4n) is 2.32. The first-order chi connectivity index (χ1) is 8.44. The van der Waals surface area contributed by atoms with Crippen LogP contribution in [0.2, 0.25) is 0 Å². The minimum Gasteiger partial charge on any atom is -0.496 e. The van der Waals surface area contributed by atoms with Crippen LogP contribution in [0.4, 0.5) is 0 Å². The van der Waals surface area contributed by atoms with Gasteiger partial charge in [-0.25, -0.2) is 0 Å². The second-order valence-electron chi connectivity index (χ2n) is 5.36. The van der Waals surface area contributed by atoms with E-state index in [2.05, 4.69) is 40.7 Å². The van der Waals surface area contributed by atoms with E-state index < -0.39 is 5.60 Å². The van der Waals surface area contributed by atoms with E-state index in [1.807, 2.05) is 12.1 Å². The number of rotatable bonds is 4. The van der Waals surface area contributed by atoms with E-state index >= 15 is 0 Å². The largest absolute Gasteiger partial charge is 0.496 e. The molecule has 1 aliphatic heterocycles. The van der Waals surface area contributed by atoms with Gasteiger partial charge in [-0.05, 0) is 24.1 Å². The van der Waals surface area contributed by atoms with Crippen molar-refractivity contribution < 1.29 is 9.84 Å². The highest BCUT2D eigenvalue weighted by molar-refractivity contribution is 9.10. The molecule has 0 unspecified atom stereocenters. The standard InChI is InChI=1S/C14H20BrNO2/c1-10(2)14(17)8-16(9-14)7-11-6-12(15)4-5-13(11)18-3/h4-6,10,17H,7-9H2,1-3H3. The topological polar surface area (TPSA) is 32.7 Å². The molecular weight excluding hydrogens is 294 g/mol. The Hall–Kier alpha value is -0.580. The van der Waals surface area contributed by atoms with Gasteiger partial charge >= 0.3 is 0 Å². The Morgan fingerprint density at radius 2 is 2.11 bits per heavy atom. The Morgan fingerprint density at radius 1 is 1.44 bits per heavy atom. The number of hydrogen-bond donors (Lipinski definition) is 1. The molecule has 1 fully saturated rings. The molecule has 1 heterocycles. The molecule has 0 radical (unpaired) electrons. The zero-order valence-electron chi connectivity index (χ0n) is 11.1. The first-order valence-electron chi connectivity index (χ1n) is 6.22. The number of nitrogens with zero attached hydrogens (tertiary/aromatic N) is 1. The van der Waals surface area contributed by atoms with Gasteiger partial charge in [0, 0.05) is 29.7 Å². The van der Waals surface area contributed by atoms with Gasteiger partial charge in [0.05, 0.1) is 12.7 Å². The molecule has 2 rings (SSSR count). The number of methoxy groups -OCH3 is 1. The van der Waals surface area contributed by atoms with E-state index in [1.165, 1.54) is 0 Å². The van der Waals surface area contributed by atoms with Crippen molar-refractivity contribution in [3.05, 3.63) is 28.2 Å². The van der Waals surface area contributed by atoms with Gasteiger partial charge in [0.25, 0.3) is 0 Å². The van der Waals surface area contributed by atoms with Gasteiger partial charge in [-0.3, -0.25) is 4.90 Å². The fraction of sp³-hybridized carbons (Fsp3) is 0.571. The zero-order chi connectivity index (χ0) is 13.3. The maximum absolute atomic E-state index is 10.2. The third kappa shape index (κ3) is 2.71. The highest BCUT2D eigenvalue weighted by atomic mass is 79.9. The maximum atomic E-state index is 10.2. The maximum Gasteiger partial charge on any atom is 0.123 e. The minimum atomic E-state index is -0.515. The van der Waals surface area contributed by atoms with Crippen LogP contribution in [0.25, 0.3) is 0 Å². The summed E-state index contributed by atoms with van der Waals surface area (Å²) < 4.78 is 6.41. The predicted octanol–water partition coefficient (Wildman–Crippen LogP) is 2.66. The van der Waals surface area contributed by atoms with Crippen LogP contribution in [0.5, 0.6) is 5.75 Å². The van der Waals surface area contributed by atoms with Crippen molar-refractivity contribution in [2.75, 3.05) is 20.2 Å². The highest BCUT2D eigenvalue weighted by Crippen LogP contribution is 2.32. The van der Waals surface area contributed by atoms with Gasteiger partial charge in [0.1, 0.15) is 5.75 Å². The molecule has 0 saturated carbocycles. The molecule has 3 nitrogen and oxygen atoms in total. The molecule has 1 aliphatic rings.